The number of likely N-dealkylation sites (N-methyl/N-ethyl adjacent to an activating group) is 1. The van der Waals surface area contributed by atoms with E-state index in [2.05, 4.69) is 32.4 Å². The SMILES string of the molecule is C=C(C)CC1(OCC)CCCN(C)C1. The van der Waals surface area contributed by atoms with Crippen LogP contribution in [-0.2, 0) is 4.74 Å². The molecule has 0 aromatic heterocycles. The maximum atomic E-state index is 5.95. The average molecular weight is 197 g/mol. The molecule has 0 N–H and O–H groups in total. The van der Waals surface area contributed by atoms with Crippen molar-refractivity contribution in [2.45, 2.75) is 38.7 Å². The second kappa shape index (κ2) is 4.94. The molecule has 0 aromatic rings. The van der Waals surface area contributed by atoms with E-state index in [1.807, 2.05) is 0 Å². The molecule has 2 heteroatoms. The molecule has 0 amide bonds. The summed E-state index contributed by atoms with van der Waals surface area (Å²) in [5.41, 5.74) is 1.28. The molecule has 82 valence electrons. The highest BCUT2D eigenvalue weighted by atomic mass is 16.5. The van der Waals surface area contributed by atoms with Gasteiger partial charge in [-0.1, -0.05) is 5.57 Å². The summed E-state index contributed by atoms with van der Waals surface area (Å²) < 4.78 is 5.95. The largest absolute Gasteiger partial charge is 0.374 e. The van der Waals surface area contributed by atoms with Crippen molar-refractivity contribution < 1.29 is 4.74 Å². The zero-order chi connectivity index (χ0) is 10.6. The van der Waals surface area contributed by atoms with E-state index >= 15 is 0 Å². The molecule has 14 heavy (non-hydrogen) atoms. The van der Waals surface area contributed by atoms with Gasteiger partial charge in [-0.2, -0.15) is 0 Å². The van der Waals surface area contributed by atoms with Gasteiger partial charge in [0.1, 0.15) is 0 Å². The van der Waals surface area contributed by atoms with E-state index in [4.69, 9.17) is 4.74 Å². The first-order valence-electron chi connectivity index (χ1n) is 5.55. The van der Waals surface area contributed by atoms with Gasteiger partial charge in [-0.3, -0.25) is 0 Å². The Kier molecular flexibility index (Phi) is 4.14. The first kappa shape index (κ1) is 11.7. The van der Waals surface area contributed by atoms with Crippen LogP contribution in [0.4, 0.5) is 0 Å². The molecule has 0 aromatic carbocycles. The molecule has 0 bridgehead atoms. The first-order valence-corrected chi connectivity index (χ1v) is 5.55. The monoisotopic (exact) mass is 197 g/mol. The summed E-state index contributed by atoms with van der Waals surface area (Å²) in [6.07, 6.45) is 3.42. The highest BCUT2D eigenvalue weighted by molar-refractivity contribution is 5.01. The Hall–Kier alpha value is -0.340. The summed E-state index contributed by atoms with van der Waals surface area (Å²) in [5.74, 6) is 0. The standard InChI is InChI=1S/C12H23NO/c1-5-14-12(9-11(2)3)7-6-8-13(4)10-12/h2,5-10H2,1,3-4H3. The predicted molar refractivity (Wildman–Crippen MR) is 60.5 cm³/mol. The van der Waals surface area contributed by atoms with Crippen LogP contribution in [0.2, 0.25) is 0 Å². The lowest BCUT2D eigenvalue weighted by atomic mass is 9.87. The third-order valence-electron chi connectivity index (χ3n) is 2.80. The maximum Gasteiger partial charge on any atom is 0.0845 e. The molecular formula is C12H23NO. The van der Waals surface area contributed by atoms with E-state index in [-0.39, 0.29) is 5.60 Å². The van der Waals surface area contributed by atoms with Crippen molar-refractivity contribution in [3.63, 3.8) is 0 Å². The zero-order valence-corrected chi connectivity index (χ0v) is 9.81. The Balaban J connectivity index is 2.64. The summed E-state index contributed by atoms with van der Waals surface area (Å²) in [5, 5.41) is 0. The molecule has 1 saturated heterocycles. The normalized spacial score (nSPS) is 29.1. The van der Waals surface area contributed by atoms with Crippen LogP contribution in [0, 0.1) is 0 Å². The summed E-state index contributed by atoms with van der Waals surface area (Å²) in [4.78, 5) is 2.36. The average Bonchev–Trinajstić information content (AvgIpc) is 2.02. The van der Waals surface area contributed by atoms with Crippen molar-refractivity contribution in [2.75, 3.05) is 26.7 Å². The minimum absolute atomic E-state index is 0.0492. The van der Waals surface area contributed by atoms with E-state index in [9.17, 15) is 0 Å². The van der Waals surface area contributed by atoms with Crippen molar-refractivity contribution >= 4 is 0 Å². The molecule has 0 aliphatic carbocycles. The molecule has 1 rings (SSSR count). The fourth-order valence-electron chi connectivity index (χ4n) is 2.49. The summed E-state index contributed by atoms with van der Waals surface area (Å²) >= 11 is 0. The third kappa shape index (κ3) is 3.10. The highest BCUT2D eigenvalue weighted by Gasteiger charge is 2.34. The van der Waals surface area contributed by atoms with Gasteiger partial charge in [0.15, 0.2) is 0 Å². The third-order valence-corrected chi connectivity index (χ3v) is 2.80. The van der Waals surface area contributed by atoms with Crippen molar-refractivity contribution in [3.05, 3.63) is 12.2 Å². The molecule has 1 atom stereocenters. The lowest BCUT2D eigenvalue weighted by molar-refractivity contribution is -0.0801. The van der Waals surface area contributed by atoms with Crippen LogP contribution >= 0.6 is 0 Å². The number of ether oxygens (including phenoxy) is 1. The van der Waals surface area contributed by atoms with Crippen LogP contribution < -0.4 is 0 Å². The van der Waals surface area contributed by atoms with Gasteiger partial charge in [0.2, 0.25) is 0 Å². The molecule has 0 saturated carbocycles. The van der Waals surface area contributed by atoms with Gasteiger partial charge in [0.05, 0.1) is 5.60 Å². The first-order chi connectivity index (χ1) is 6.58. The van der Waals surface area contributed by atoms with Crippen molar-refractivity contribution in [3.8, 4) is 0 Å². The van der Waals surface area contributed by atoms with Gasteiger partial charge in [-0.15, -0.1) is 6.58 Å². The lowest BCUT2D eigenvalue weighted by Crippen LogP contribution is -2.48. The van der Waals surface area contributed by atoms with Crippen LogP contribution in [0.3, 0.4) is 0 Å². The predicted octanol–water partition coefficient (Wildman–Crippen LogP) is 2.45. The second-order valence-electron chi connectivity index (χ2n) is 4.59. The van der Waals surface area contributed by atoms with E-state index in [1.54, 1.807) is 0 Å². The Morgan fingerprint density at radius 2 is 2.29 bits per heavy atom. The van der Waals surface area contributed by atoms with E-state index < -0.39 is 0 Å². The number of hydrogen-bond donors (Lipinski definition) is 0. The van der Waals surface area contributed by atoms with Crippen molar-refractivity contribution in [2.24, 2.45) is 0 Å². The van der Waals surface area contributed by atoms with Gasteiger partial charge in [-0.05, 0) is 46.7 Å². The zero-order valence-electron chi connectivity index (χ0n) is 9.81. The van der Waals surface area contributed by atoms with Gasteiger partial charge in [0.25, 0.3) is 0 Å². The Labute approximate surface area is 87.9 Å². The van der Waals surface area contributed by atoms with Gasteiger partial charge >= 0.3 is 0 Å². The molecule has 1 aliphatic rings. The molecule has 1 unspecified atom stereocenters. The van der Waals surface area contributed by atoms with Gasteiger partial charge < -0.3 is 9.64 Å². The lowest BCUT2D eigenvalue weighted by Gasteiger charge is -2.41. The smallest absolute Gasteiger partial charge is 0.0845 e. The van der Waals surface area contributed by atoms with Crippen LogP contribution in [0.15, 0.2) is 12.2 Å². The molecule has 0 radical (unpaired) electrons. The topological polar surface area (TPSA) is 12.5 Å². The minimum Gasteiger partial charge on any atom is -0.374 e. The summed E-state index contributed by atoms with van der Waals surface area (Å²) in [6, 6.07) is 0. The Morgan fingerprint density at radius 3 is 2.79 bits per heavy atom. The highest BCUT2D eigenvalue weighted by Crippen LogP contribution is 2.30. The number of likely N-dealkylation sites (tertiary alicyclic amines) is 1. The fourth-order valence-corrected chi connectivity index (χ4v) is 2.49. The molecule has 2 nitrogen and oxygen atoms in total. The maximum absolute atomic E-state index is 5.95. The van der Waals surface area contributed by atoms with Crippen molar-refractivity contribution in [1.29, 1.82) is 0 Å². The summed E-state index contributed by atoms with van der Waals surface area (Å²) in [6.45, 7) is 11.2. The Morgan fingerprint density at radius 1 is 1.57 bits per heavy atom. The van der Waals surface area contributed by atoms with E-state index in [0.29, 0.717) is 0 Å². The van der Waals surface area contributed by atoms with Gasteiger partial charge in [0, 0.05) is 13.2 Å². The van der Waals surface area contributed by atoms with Crippen molar-refractivity contribution in [1.82, 2.24) is 4.90 Å². The second-order valence-corrected chi connectivity index (χ2v) is 4.59. The van der Waals surface area contributed by atoms with Crippen LogP contribution in [0.5, 0.6) is 0 Å². The number of rotatable bonds is 4. The number of nitrogens with zero attached hydrogens (tertiary/aromatic N) is 1. The van der Waals surface area contributed by atoms with Crippen LogP contribution in [0.1, 0.15) is 33.1 Å². The van der Waals surface area contributed by atoms with Gasteiger partial charge in [-0.25, -0.2) is 0 Å². The molecule has 0 spiro atoms. The van der Waals surface area contributed by atoms with Crippen LogP contribution in [-0.4, -0.2) is 37.2 Å². The quantitative estimate of drug-likeness (QED) is 0.642. The number of hydrogen-bond acceptors (Lipinski definition) is 2. The minimum atomic E-state index is 0.0492. The van der Waals surface area contributed by atoms with E-state index in [0.717, 1.165) is 19.6 Å². The molecule has 1 heterocycles. The van der Waals surface area contributed by atoms with Crippen LogP contribution in [0.25, 0.3) is 0 Å². The molecule has 1 fully saturated rings. The fraction of sp³-hybridized carbons (Fsp3) is 0.833. The molecular weight excluding hydrogens is 174 g/mol. The molecule has 1 aliphatic heterocycles. The Bertz CT molecular complexity index is 198. The van der Waals surface area contributed by atoms with E-state index in [1.165, 1.54) is 25.0 Å². The number of piperidine rings is 1. The summed E-state index contributed by atoms with van der Waals surface area (Å²) in [7, 11) is 2.17.